The van der Waals surface area contributed by atoms with Crippen molar-refractivity contribution >= 4 is 60.2 Å². The highest BCUT2D eigenvalue weighted by atomic mass is 35.5. The molecule has 0 spiro atoms. The van der Waals surface area contributed by atoms with Gasteiger partial charge in [0.15, 0.2) is 0 Å². The van der Waals surface area contributed by atoms with E-state index in [1.54, 1.807) is 42.5 Å². The fourth-order valence-electron chi connectivity index (χ4n) is 8.68. The number of ether oxygens (including phenoxy) is 1. The molecule has 0 bridgehead atoms. The number of para-hydroxylation sites is 1. The lowest BCUT2D eigenvalue weighted by Gasteiger charge is -2.39. The second-order valence-corrected chi connectivity index (χ2v) is 21.6. The monoisotopic (exact) mass is 956 g/mol. The van der Waals surface area contributed by atoms with Crippen LogP contribution in [0, 0.1) is 5.41 Å². The number of piperazine rings is 1. The summed E-state index contributed by atoms with van der Waals surface area (Å²) < 4.78 is 107. The molecule has 2 aliphatic heterocycles. The minimum Gasteiger partial charge on any atom is -0.381 e. The van der Waals surface area contributed by atoms with Crippen LogP contribution in [-0.2, 0) is 31.0 Å². The van der Waals surface area contributed by atoms with E-state index < -0.39 is 60.1 Å². The van der Waals surface area contributed by atoms with E-state index in [-0.39, 0.29) is 17.4 Å². The van der Waals surface area contributed by atoms with Crippen molar-refractivity contribution in [3.05, 3.63) is 124 Å². The van der Waals surface area contributed by atoms with Crippen molar-refractivity contribution < 1.29 is 39.5 Å². The zero-order valence-electron chi connectivity index (χ0n) is 36.5. The van der Waals surface area contributed by atoms with Gasteiger partial charge in [0.05, 0.1) is 29.4 Å². The Morgan fingerprint density at radius 3 is 2.18 bits per heavy atom. The number of hydrogen-bond donors (Lipinski definition) is 3. The van der Waals surface area contributed by atoms with Gasteiger partial charge in [-0.1, -0.05) is 61.4 Å². The van der Waals surface area contributed by atoms with Gasteiger partial charge in [-0.25, -0.2) is 21.6 Å². The fourth-order valence-corrected chi connectivity index (χ4v) is 11.2. The van der Waals surface area contributed by atoms with Crippen molar-refractivity contribution in [1.82, 2.24) is 14.5 Å². The molecule has 2 fully saturated rings. The minimum absolute atomic E-state index is 0.0142. The summed E-state index contributed by atoms with van der Waals surface area (Å²) in [5, 5.41) is 3.47. The van der Waals surface area contributed by atoms with Crippen LogP contribution in [0.25, 0.3) is 5.57 Å². The number of rotatable bonds is 16. The van der Waals surface area contributed by atoms with Crippen LogP contribution in [0.4, 0.5) is 30.2 Å². The van der Waals surface area contributed by atoms with Gasteiger partial charge >= 0.3 is 6.18 Å². The highest BCUT2D eigenvalue weighted by Crippen LogP contribution is 2.43. The van der Waals surface area contributed by atoms with Gasteiger partial charge in [-0.2, -0.15) is 13.2 Å². The first-order valence-corrected chi connectivity index (χ1v) is 25.3. The van der Waals surface area contributed by atoms with Crippen molar-refractivity contribution in [2.75, 3.05) is 86.3 Å². The molecular formula is C47H56ClF3N6O6S2. The van der Waals surface area contributed by atoms with Crippen LogP contribution < -0.4 is 19.7 Å². The van der Waals surface area contributed by atoms with Crippen LogP contribution >= 0.6 is 11.6 Å². The number of morpholine rings is 1. The number of nitrogens with zero attached hydrogens (tertiary/aromatic N) is 3. The van der Waals surface area contributed by atoms with Crippen LogP contribution in [0.3, 0.4) is 0 Å². The van der Waals surface area contributed by atoms with E-state index in [1.165, 1.54) is 28.8 Å². The molecule has 0 aromatic heterocycles. The molecule has 3 N–H and O–H groups in total. The van der Waals surface area contributed by atoms with E-state index >= 15 is 0 Å². The summed E-state index contributed by atoms with van der Waals surface area (Å²) in [4.78, 5) is 19.2. The fraction of sp³-hybridized carbons (Fsp3) is 0.426. The Labute approximate surface area is 385 Å². The second-order valence-electron chi connectivity index (χ2n) is 17.7. The highest BCUT2D eigenvalue weighted by Gasteiger charge is 2.37. The largest absolute Gasteiger partial charge is 0.418 e. The van der Waals surface area contributed by atoms with E-state index in [1.807, 2.05) is 21.8 Å². The number of alkyl halides is 3. The molecule has 0 saturated carbocycles. The summed E-state index contributed by atoms with van der Waals surface area (Å²) in [5.74, 6) is -1.57. The molecule has 0 radical (unpaired) electrons. The Morgan fingerprint density at radius 1 is 0.846 bits per heavy atom. The average Bonchev–Trinajstić information content (AvgIpc) is 3.26. The summed E-state index contributed by atoms with van der Waals surface area (Å²) >= 11 is 6.19. The average molecular weight is 958 g/mol. The number of nitrogens with one attached hydrogen (secondary N) is 3. The van der Waals surface area contributed by atoms with Gasteiger partial charge in [-0.3, -0.25) is 19.3 Å². The maximum absolute atomic E-state index is 14.6. The summed E-state index contributed by atoms with van der Waals surface area (Å²) in [6.45, 7) is 11.2. The molecule has 4 aromatic carbocycles. The normalized spacial score (nSPS) is 18.3. The van der Waals surface area contributed by atoms with Gasteiger partial charge in [0.2, 0.25) is 10.0 Å². The smallest absolute Gasteiger partial charge is 0.381 e. The standard InChI is InChI=1S/C47H56ClF3N6O6S2/c1-46(2)20-18-42(34-8-12-37(48)13-9-34)36(31-46)32-56-22-24-57(25-23-56)40-14-10-35(11-15-40)45(58)54-65(61,62)41-16-17-44(43(30-41)47(49,50)51)52-39(19-21-55-26-28-63-29-27-55)33-64(59,60)53-38-6-4-3-5-7-38/h3-17,30,39,52-53H,18-29,31-33H2,1-2H3,(H,54,58)/t39-/m1/s1. The molecular weight excluding hydrogens is 901 g/mol. The van der Waals surface area contributed by atoms with Crippen molar-refractivity contribution in [3.8, 4) is 0 Å². The number of hydrogen-bond acceptors (Lipinski definition) is 10. The first-order chi connectivity index (χ1) is 30.8. The first-order valence-electron chi connectivity index (χ1n) is 21.8. The number of allylic oxidation sites excluding steroid dienone is 1. The van der Waals surface area contributed by atoms with Gasteiger partial charge in [-0.15, -0.1) is 0 Å². The van der Waals surface area contributed by atoms with Crippen LogP contribution in [0.1, 0.15) is 61.0 Å². The maximum atomic E-state index is 14.6. The molecule has 4 aromatic rings. The lowest BCUT2D eigenvalue weighted by atomic mass is 9.73. The summed E-state index contributed by atoms with van der Waals surface area (Å²) in [6, 6.07) is 24.0. The van der Waals surface area contributed by atoms with E-state index in [2.05, 4.69) is 45.8 Å². The molecule has 18 heteroatoms. The van der Waals surface area contributed by atoms with Gasteiger partial charge in [0.25, 0.3) is 15.9 Å². The number of sulfonamides is 2. The number of anilines is 3. The molecule has 7 rings (SSSR count). The third kappa shape index (κ3) is 13.3. The predicted octanol–water partition coefficient (Wildman–Crippen LogP) is 8.21. The van der Waals surface area contributed by atoms with E-state index in [0.29, 0.717) is 49.6 Å². The van der Waals surface area contributed by atoms with Gasteiger partial charge in [0, 0.05) is 86.0 Å². The van der Waals surface area contributed by atoms with Crippen molar-refractivity contribution in [2.45, 2.75) is 56.6 Å². The lowest BCUT2D eigenvalue weighted by molar-refractivity contribution is -0.137. The zero-order chi connectivity index (χ0) is 46.4. The number of amides is 1. The summed E-state index contributed by atoms with van der Waals surface area (Å²) in [7, 11) is -8.83. The Kier molecular flexibility index (Phi) is 15.2. The molecule has 1 amide bonds. The Hall–Kier alpha value is -4.65. The molecule has 350 valence electrons. The van der Waals surface area contributed by atoms with E-state index in [4.69, 9.17) is 16.3 Å². The number of halogens is 4. The topological polar surface area (TPSA) is 140 Å². The Bertz CT molecular complexity index is 2530. The SMILES string of the molecule is CC1(C)CCC(c2ccc(Cl)cc2)=C(CN2CCN(c3ccc(C(=O)NS(=O)(=O)c4ccc(N[C@H](CCN5CCOCC5)CS(=O)(=O)Nc5ccccc5)c(C(F)(F)F)c4)cc3)CC2)C1. The number of carbonyl (C=O) groups excluding carboxylic acids is 1. The second kappa shape index (κ2) is 20.5. The van der Waals surface area contributed by atoms with Crippen LogP contribution in [0.5, 0.6) is 0 Å². The van der Waals surface area contributed by atoms with Crippen LogP contribution in [-0.4, -0.2) is 110 Å². The first kappa shape index (κ1) is 48.3. The summed E-state index contributed by atoms with van der Waals surface area (Å²) in [6.07, 6.45) is -1.73. The number of carbonyl (C=O) groups is 1. The minimum atomic E-state index is -5.04. The Balaban J connectivity index is 0.993. The van der Waals surface area contributed by atoms with Gasteiger partial charge in [0.1, 0.15) is 0 Å². The molecule has 3 aliphatic rings. The van der Waals surface area contributed by atoms with Gasteiger partial charge < -0.3 is 15.0 Å². The predicted molar refractivity (Wildman–Crippen MR) is 250 cm³/mol. The molecule has 1 aliphatic carbocycles. The van der Waals surface area contributed by atoms with Crippen molar-refractivity contribution in [3.63, 3.8) is 0 Å². The molecule has 2 heterocycles. The Morgan fingerprint density at radius 2 is 1.52 bits per heavy atom. The zero-order valence-corrected chi connectivity index (χ0v) is 38.9. The van der Waals surface area contributed by atoms with Crippen LogP contribution in [0.2, 0.25) is 5.02 Å². The third-order valence-corrected chi connectivity index (χ3v) is 15.2. The summed E-state index contributed by atoms with van der Waals surface area (Å²) in [5.41, 5.74) is 3.63. The van der Waals surface area contributed by atoms with Crippen molar-refractivity contribution in [1.29, 1.82) is 0 Å². The quantitative estimate of drug-likeness (QED) is 0.101. The molecule has 1 atom stereocenters. The van der Waals surface area contributed by atoms with E-state index in [9.17, 15) is 34.8 Å². The van der Waals surface area contributed by atoms with Crippen LogP contribution in [0.15, 0.2) is 108 Å². The molecule has 12 nitrogen and oxygen atoms in total. The molecule has 0 unspecified atom stereocenters. The molecule has 65 heavy (non-hydrogen) atoms. The number of benzene rings is 4. The van der Waals surface area contributed by atoms with Crippen molar-refractivity contribution in [2.24, 2.45) is 5.41 Å². The maximum Gasteiger partial charge on any atom is 0.418 e. The molecule has 2 saturated heterocycles. The highest BCUT2D eigenvalue weighted by molar-refractivity contribution is 7.92. The third-order valence-electron chi connectivity index (χ3n) is 12.2. The lowest BCUT2D eigenvalue weighted by Crippen LogP contribution is -2.47. The van der Waals surface area contributed by atoms with E-state index in [0.717, 1.165) is 69.8 Å². The van der Waals surface area contributed by atoms with Gasteiger partial charge in [-0.05, 0) is 109 Å².